The summed E-state index contributed by atoms with van der Waals surface area (Å²) in [7, 11) is 3.81. The number of halogens is 3. The van der Waals surface area contributed by atoms with Gasteiger partial charge < -0.3 is 15.5 Å². The van der Waals surface area contributed by atoms with Gasteiger partial charge in [-0.25, -0.2) is 4.98 Å². The molecule has 0 aromatic carbocycles. The van der Waals surface area contributed by atoms with E-state index < -0.39 is 11.9 Å². The van der Waals surface area contributed by atoms with Crippen LogP contribution in [0.15, 0.2) is 6.07 Å². The van der Waals surface area contributed by atoms with Crippen molar-refractivity contribution in [1.82, 2.24) is 14.9 Å². The smallest absolute Gasteiger partial charge is 0.368 e. The van der Waals surface area contributed by atoms with Crippen LogP contribution >= 0.6 is 0 Å². The average Bonchev–Trinajstić information content (AvgIpc) is 2.39. The van der Waals surface area contributed by atoms with Crippen LogP contribution in [0.2, 0.25) is 0 Å². The first kappa shape index (κ1) is 15.8. The minimum absolute atomic E-state index is 0.216. The molecule has 1 aromatic heterocycles. The lowest BCUT2D eigenvalue weighted by molar-refractivity contribution is -0.141. The molecule has 0 unspecified atom stereocenters. The highest BCUT2D eigenvalue weighted by Gasteiger charge is 2.34. The number of rotatable bonds is 3. The molecule has 1 aromatic rings. The largest absolute Gasteiger partial charge is 0.433 e. The molecule has 5 nitrogen and oxygen atoms in total. The van der Waals surface area contributed by atoms with Crippen LogP contribution < -0.4 is 10.6 Å². The molecular formula is C13H20F3N5. The van der Waals surface area contributed by atoms with Gasteiger partial charge in [0, 0.05) is 19.7 Å². The summed E-state index contributed by atoms with van der Waals surface area (Å²) >= 11 is 0. The lowest BCUT2D eigenvalue weighted by atomic mass is 9.97. The molecule has 8 heteroatoms. The summed E-state index contributed by atoms with van der Waals surface area (Å²) in [5, 5.41) is 0. The first-order valence-electron chi connectivity index (χ1n) is 6.87. The SMILES string of the molecule is CN1CCC(CN(C)c2cc(C(F)(F)F)nc(N)n2)CC1. The fourth-order valence-corrected chi connectivity index (χ4v) is 2.52. The van der Waals surface area contributed by atoms with Gasteiger partial charge in [0.2, 0.25) is 5.95 Å². The van der Waals surface area contributed by atoms with Crippen molar-refractivity contribution in [3.63, 3.8) is 0 Å². The molecule has 1 aliphatic rings. The minimum Gasteiger partial charge on any atom is -0.368 e. The highest BCUT2D eigenvalue weighted by atomic mass is 19.4. The number of nitrogens with two attached hydrogens (primary N) is 1. The lowest BCUT2D eigenvalue weighted by Crippen LogP contribution is -2.36. The second-order valence-electron chi connectivity index (χ2n) is 5.59. The fourth-order valence-electron chi connectivity index (χ4n) is 2.52. The van der Waals surface area contributed by atoms with Crippen LogP contribution in [0.25, 0.3) is 0 Å². The molecule has 1 fully saturated rings. The summed E-state index contributed by atoms with van der Waals surface area (Å²) in [4.78, 5) is 11.1. The fraction of sp³-hybridized carbons (Fsp3) is 0.692. The maximum atomic E-state index is 12.7. The molecule has 0 aliphatic carbocycles. The predicted octanol–water partition coefficient (Wildman–Crippen LogP) is 1.86. The molecule has 0 radical (unpaired) electrons. The molecule has 2 rings (SSSR count). The van der Waals surface area contributed by atoms with Crippen LogP contribution in [0.5, 0.6) is 0 Å². The number of hydrogen-bond acceptors (Lipinski definition) is 5. The highest BCUT2D eigenvalue weighted by molar-refractivity contribution is 5.43. The van der Waals surface area contributed by atoms with E-state index in [1.54, 1.807) is 11.9 Å². The second-order valence-corrected chi connectivity index (χ2v) is 5.59. The van der Waals surface area contributed by atoms with Crippen LogP contribution in [-0.4, -0.2) is 48.6 Å². The van der Waals surface area contributed by atoms with Crippen molar-refractivity contribution in [2.75, 3.05) is 44.4 Å². The van der Waals surface area contributed by atoms with Crippen molar-refractivity contribution in [1.29, 1.82) is 0 Å². The Morgan fingerprint density at radius 2 is 1.95 bits per heavy atom. The Morgan fingerprint density at radius 3 is 2.52 bits per heavy atom. The Kier molecular flexibility index (Phi) is 4.55. The zero-order valence-corrected chi connectivity index (χ0v) is 12.2. The van der Waals surface area contributed by atoms with E-state index in [4.69, 9.17) is 5.73 Å². The monoisotopic (exact) mass is 303 g/mol. The van der Waals surface area contributed by atoms with Gasteiger partial charge in [-0.1, -0.05) is 0 Å². The first-order chi connectivity index (χ1) is 9.75. The van der Waals surface area contributed by atoms with E-state index in [0.29, 0.717) is 12.5 Å². The minimum atomic E-state index is -4.51. The average molecular weight is 303 g/mol. The molecule has 2 heterocycles. The Balaban J connectivity index is 2.08. The number of piperidine rings is 1. The van der Waals surface area contributed by atoms with Gasteiger partial charge in [0.1, 0.15) is 5.82 Å². The van der Waals surface area contributed by atoms with E-state index in [2.05, 4.69) is 21.9 Å². The summed E-state index contributed by atoms with van der Waals surface area (Å²) < 4.78 is 38.2. The Bertz CT molecular complexity index is 483. The maximum absolute atomic E-state index is 12.7. The topological polar surface area (TPSA) is 58.3 Å². The van der Waals surface area contributed by atoms with Gasteiger partial charge in [0.25, 0.3) is 0 Å². The Labute approximate surface area is 122 Å². The van der Waals surface area contributed by atoms with Crippen molar-refractivity contribution < 1.29 is 13.2 Å². The third kappa shape index (κ3) is 4.20. The third-order valence-corrected chi connectivity index (χ3v) is 3.78. The van der Waals surface area contributed by atoms with E-state index in [1.165, 1.54) is 0 Å². The number of hydrogen-bond donors (Lipinski definition) is 1. The number of nitrogens with zero attached hydrogens (tertiary/aromatic N) is 4. The summed E-state index contributed by atoms with van der Waals surface area (Å²) in [6, 6.07) is 0.950. The Morgan fingerprint density at radius 1 is 1.33 bits per heavy atom. The van der Waals surface area contributed by atoms with Crippen LogP contribution in [0.4, 0.5) is 24.9 Å². The molecule has 0 bridgehead atoms. The van der Waals surface area contributed by atoms with E-state index in [0.717, 1.165) is 32.0 Å². The van der Waals surface area contributed by atoms with Crippen molar-refractivity contribution in [3.05, 3.63) is 11.8 Å². The van der Waals surface area contributed by atoms with E-state index in [-0.39, 0.29) is 11.8 Å². The lowest BCUT2D eigenvalue weighted by Gasteiger charge is -2.32. The molecule has 0 spiro atoms. The van der Waals surface area contributed by atoms with Gasteiger partial charge in [-0.2, -0.15) is 18.2 Å². The standard InChI is InChI=1S/C13H20F3N5/c1-20-5-3-9(4-6-20)8-21(2)11-7-10(13(14,15)16)18-12(17)19-11/h7,9H,3-6,8H2,1-2H3,(H2,17,18,19). The molecule has 0 amide bonds. The Hall–Kier alpha value is -1.57. The van der Waals surface area contributed by atoms with Gasteiger partial charge in [-0.05, 0) is 38.9 Å². The zero-order chi connectivity index (χ0) is 15.6. The van der Waals surface area contributed by atoms with Crippen molar-refractivity contribution in [2.24, 2.45) is 5.92 Å². The number of aromatic nitrogens is 2. The molecule has 1 aliphatic heterocycles. The summed E-state index contributed by atoms with van der Waals surface area (Å²) in [6.45, 7) is 2.69. The molecule has 118 valence electrons. The second kappa shape index (κ2) is 6.05. The van der Waals surface area contributed by atoms with Crippen molar-refractivity contribution in [3.8, 4) is 0 Å². The van der Waals surface area contributed by atoms with E-state index >= 15 is 0 Å². The van der Waals surface area contributed by atoms with Crippen molar-refractivity contribution in [2.45, 2.75) is 19.0 Å². The third-order valence-electron chi connectivity index (χ3n) is 3.78. The number of likely N-dealkylation sites (tertiary alicyclic amines) is 1. The molecule has 2 N–H and O–H groups in total. The van der Waals surface area contributed by atoms with Gasteiger partial charge in [-0.15, -0.1) is 0 Å². The summed E-state index contributed by atoms with van der Waals surface area (Å²) in [5.41, 5.74) is 4.39. The molecule has 0 saturated carbocycles. The normalized spacial score (nSPS) is 18.0. The van der Waals surface area contributed by atoms with Gasteiger partial charge >= 0.3 is 6.18 Å². The molecule has 1 saturated heterocycles. The van der Waals surface area contributed by atoms with Gasteiger partial charge in [0.05, 0.1) is 0 Å². The zero-order valence-electron chi connectivity index (χ0n) is 12.2. The van der Waals surface area contributed by atoms with Crippen LogP contribution in [-0.2, 0) is 6.18 Å². The van der Waals surface area contributed by atoms with Gasteiger partial charge in [-0.3, -0.25) is 0 Å². The van der Waals surface area contributed by atoms with E-state index in [9.17, 15) is 13.2 Å². The quantitative estimate of drug-likeness (QED) is 0.923. The summed E-state index contributed by atoms with van der Waals surface area (Å²) in [5.74, 6) is 0.320. The van der Waals surface area contributed by atoms with Crippen LogP contribution in [0, 0.1) is 5.92 Å². The van der Waals surface area contributed by atoms with Crippen LogP contribution in [0.1, 0.15) is 18.5 Å². The van der Waals surface area contributed by atoms with Gasteiger partial charge in [0.15, 0.2) is 5.69 Å². The maximum Gasteiger partial charge on any atom is 0.433 e. The number of alkyl halides is 3. The van der Waals surface area contributed by atoms with Crippen LogP contribution in [0.3, 0.4) is 0 Å². The highest BCUT2D eigenvalue weighted by Crippen LogP contribution is 2.30. The summed E-state index contributed by atoms with van der Waals surface area (Å²) in [6.07, 6.45) is -2.44. The molecule has 0 atom stereocenters. The molecule has 21 heavy (non-hydrogen) atoms. The van der Waals surface area contributed by atoms with Crippen molar-refractivity contribution >= 4 is 11.8 Å². The first-order valence-corrected chi connectivity index (χ1v) is 6.87. The number of nitrogen functional groups attached to an aromatic ring is 1. The number of anilines is 2. The predicted molar refractivity (Wildman–Crippen MR) is 74.9 cm³/mol. The molecular weight excluding hydrogens is 283 g/mol. The van der Waals surface area contributed by atoms with E-state index in [1.807, 2.05) is 0 Å².